The summed E-state index contributed by atoms with van der Waals surface area (Å²) >= 11 is 0. The monoisotopic (exact) mass is 293 g/mol. The lowest BCUT2D eigenvalue weighted by Gasteiger charge is -2.27. The molecule has 1 saturated heterocycles. The van der Waals surface area contributed by atoms with Crippen LogP contribution in [-0.2, 0) is 19.8 Å². The van der Waals surface area contributed by atoms with E-state index in [4.69, 9.17) is 14.2 Å². The summed E-state index contributed by atoms with van der Waals surface area (Å²) in [4.78, 5) is 12.3. The van der Waals surface area contributed by atoms with Gasteiger partial charge in [0.25, 0.3) is 0 Å². The van der Waals surface area contributed by atoms with E-state index in [1.54, 1.807) is 12.1 Å². The van der Waals surface area contributed by atoms with Crippen molar-refractivity contribution in [1.29, 1.82) is 0 Å². The number of hydrogen-bond donors (Lipinski definition) is 2. The van der Waals surface area contributed by atoms with Gasteiger partial charge in [-0.1, -0.05) is 0 Å². The Labute approximate surface area is 123 Å². The summed E-state index contributed by atoms with van der Waals surface area (Å²) in [6, 6.07) is 4.74. The molecule has 2 unspecified atom stereocenters. The van der Waals surface area contributed by atoms with Crippen LogP contribution in [0.2, 0.25) is 0 Å². The summed E-state index contributed by atoms with van der Waals surface area (Å²) in [5, 5.41) is 12.8. The van der Waals surface area contributed by atoms with Crippen LogP contribution >= 0.6 is 0 Å². The third kappa shape index (κ3) is 2.45. The SMILES string of the molecule is COC(=O)C1(NCC2CCCO2)COc2cc(O)ccc21. The molecule has 6 nitrogen and oxygen atoms in total. The molecular formula is C15H19NO5. The number of hydrogen-bond acceptors (Lipinski definition) is 6. The van der Waals surface area contributed by atoms with Gasteiger partial charge in [0.15, 0.2) is 5.54 Å². The van der Waals surface area contributed by atoms with Crippen LogP contribution in [0.5, 0.6) is 11.5 Å². The van der Waals surface area contributed by atoms with E-state index in [1.807, 2.05) is 0 Å². The summed E-state index contributed by atoms with van der Waals surface area (Å²) in [6.45, 7) is 1.46. The minimum absolute atomic E-state index is 0.104. The highest BCUT2D eigenvalue weighted by Gasteiger charge is 2.48. The van der Waals surface area contributed by atoms with Crippen LogP contribution in [0.15, 0.2) is 18.2 Å². The van der Waals surface area contributed by atoms with Gasteiger partial charge in [-0.2, -0.15) is 0 Å². The van der Waals surface area contributed by atoms with E-state index in [0.717, 1.165) is 19.4 Å². The number of phenols is 1. The lowest BCUT2D eigenvalue weighted by Crippen LogP contribution is -2.53. The van der Waals surface area contributed by atoms with Gasteiger partial charge in [0.1, 0.15) is 18.1 Å². The number of methoxy groups -OCH3 is 1. The second-order valence-corrected chi connectivity index (χ2v) is 5.38. The molecule has 3 rings (SSSR count). The molecule has 2 atom stereocenters. The van der Waals surface area contributed by atoms with Crippen molar-refractivity contribution in [3.8, 4) is 11.5 Å². The molecule has 114 valence electrons. The van der Waals surface area contributed by atoms with Crippen molar-refractivity contribution in [3.05, 3.63) is 23.8 Å². The molecule has 1 fully saturated rings. The van der Waals surface area contributed by atoms with Crippen molar-refractivity contribution in [2.75, 3.05) is 26.9 Å². The van der Waals surface area contributed by atoms with Gasteiger partial charge in [-0.3, -0.25) is 5.32 Å². The molecule has 0 aromatic heterocycles. The van der Waals surface area contributed by atoms with Gasteiger partial charge >= 0.3 is 5.97 Å². The third-order valence-electron chi connectivity index (χ3n) is 4.06. The molecule has 2 aliphatic rings. The molecule has 1 aromatic rings. The second kappa shape index (κ2) is 5.54. The van der Waals surface area contributed by atoms with Crippen molar-refractivity contribution in [2.24, 2.45) is 0 Å². The fourth-order valence-corrected chi connectivity index (χ4v) is 2.90. The maximum atomic E-state index is 12.3. The first-order valence-electron chi connectivity index (χ1n) is 7.07. The fourth-order valence-electron chi connectivity index (χ4n) is 2.90. The highest BCUT2D eigenvalue weighted by atomic mass is 16.5. The topological polar surface area (TPSA) is 77.0 Å². The molecule has 0 saturated carbocycles. The smallest absolute Gasteiger partial charge is 0.334 e. The quantitative estimate of drug-likeness (QED) is 0.804. The molecule has 0 spiro atoms. The van der Waals surface area contributed by atoms with Crippen molar-refractivity contribution < 1.29 is 24.1 Å². The molecule has 21 heavy (non-hydrogen) atoms. The number of benzene rings is 1. The first-order chi connectivity index (χ1) is 10.2. The second-order valence-electron chi connectivity index (χ2n) is 5.38. The Balaban J connectivity index is 1.87. The van der Waals surface area contributed by atoms with Crippen LogP contribution < -0.4 is 10.1 Å². The largest absolute Gasteiger partial charge is 0.508 e. The number of carbonyl (C=O) groups excluding carboxylic acids is 1. The molecule has 0 amide bonds. The number of nitrogens with one attached hydrogen (secondary N) is 1. The normalized spacial score (nSPS) is 27.2. The Hall–Kier alpha value is -1.79. The molecule has 6 heteroatoms. The zero-order valence-corrected chi connectivity index (χ0v) is 11.9. The minimum atomic E-state index is -1.04. The maximum absolute atomic E-state index is 12.3. The first-order valence-corrected chi connectivity index (χ1v) is 7.07. The average Bonchev–Trinajstić information content (AvgIpc) is 3.12. The Morgan fingerprint density at radius 3 is 3.14 bits per heavy atom. The molecule has 0 bridgehead atoms. The van der Waals surface area contributed by atoms with Gasteiger partial charge in [0.05, 0.1) is 13.2 Å². The van der Waals surface area contributed by atoms with E-state index >= 15 is 0 Å². The maximum Gasteiger partial charge on any atom is 0.334 e. The van der Waals surface area contributed by atoms with Crippen molar-refractivity contribution in [3.63, 3.8) is 0 Å². The summed E-state index contributed by atoms with van der Waals surface area (Å²) < 4.78 is 16.1. The van der Waals surface area contributed by atoms with Gasteiger partial charge < -0.3 is 19.3 Å². The number of fused-ring (bicyclic) bond motifs is 1. The van der Waals surface area contributed by atoms with E-state index < -0.39 is 11.5 Å². The van der Waals surface area contributed by atoms with E-state index in [0.29, 0.717) is 17.9 Å². The Kier molecular flexibility index (Phi) is 3.73. The standard InChI is InChI=1S/C15H19NO5/c1-19-14(18)15(16-8-11-3-2-6-20-11)9-21-13-7-10(17)4-5-12(13)15/h4-5,7,11,16-17H,2-3,6,8-9H2,1H3. The van der Waals surface area contributed by atoms with Crippen LogP contribution in [0.3, 0.4) is 0 Å². The summed E-state index contributed by atoms with van der Waals surface area (Å²) in [5.74, 6) is 0.207. The van der Waals surface area contributed by atoms with Crippen molar-refractivity contribution in [1.82, 2.24) is 5.32 Å². The van der Waals surface area contributed by atoms with Crippen LogP contribution in [0.25, 0.3) is 0 Å². The number of phenolic OH excluding ortho intramolecular Hbond substituents is 1. The zero-order valence-electron chi connectivity index (χ0n) is 11.9. The highest BCUT2D eigenvalue weighted by Crippen LogP contribution is 2.40. The van der Waals surface area contributed by atoms with Gasteiger partial charge in [0, 0.05) is 24.8 Å². The number of rotatable bonds is 4. The van der Waals surface area contributed by atoms with Gasteiger partial charge in [0.2, 0.25) is 0 Å². The van der Waals surface area contributed by atoms with Crippen LogP contribution in [-0.4, -0.2) is 44.0 Å². The molecular weight excluding hydrogens is 274 g/mol. The molecule has 2 heterocycles. The Bertz CT molecular complexity index is 541. The van der Waals surface area contributed by atoms with E-state index in [-0.39, 0.29) is 18.5 Å². The minimum Gasteiger partial charge on any atom is -0.508 e. The van der Waals surface area contributed by atoms with Crippen LogP contribution in [0.4, 0.5) is 0 Å². The van der Waals surface area contributed by atoms with Gasteiger partial charge in [-0.25, -0.2) is 4.79 Å². The predicted molar refractivity (Wildman–Crippen MR) is 74.3 cm³/mol. The summed E-state index contributed by atoms with van der Waals surface area (Å²) in [5.41, 5.74) is -0.353. The third-order valence-corrected chi connectivity index (χ3v) is 4.06. The van der Waals surface area contributed by atoms with Crippen molar-refractivity contribution >= 4 is 5.97 Å². The molecule has 0 radical (unpaired) electrons. The van der Waals surface area contributed by atoms with E-state index in [9.17, 15) is 9.90 Å². The Morgan fingerprint density at radius 2 is 2.43 bits per heavy atom. The average molecular weight is 293 g/mol. The van der Waals surface area contributed by atoms with Crippen LogP contribution in [0.1, 0.15) is 18.4 Å². The van der Waals surface area contributed by atoms with Crippen LogP contribution in [0, 0.1) is 0 Å². The number of esters is 1. The molecule has 2 aliphatic heterocycles. The lowest BCUT2D eigenvalue weighted by atomic mass is 9.91. The number of carbonyl (C=O) groups is 1. The molecule has 2 N–H and O–H groups in total. The van der Waals surface area contributed by atoms with E-state index in [1.165, 1.54) is 13.2 Å². The number of ether oxygens (including phenoxy) is 3. The van der Waals surface area contributed by atoms with Gasteiger partial charge in [-0.15, -0.1) is 0 Å². The molecule has 0 aliphatic carbocycles. The number of aromatic hydroxyl groups is 1. The molecule has 1 aromatic carbocycles. The summed E-state index contributed by atoms with van der Waals surface area (Å²) in [7, 11) is 1.36. The highest BCUT2D eigenvalue weighted by molar-refractivity contribution is 5.85. The fraction of sp³-hybridized carbons (Fsp3) is 0.533. The Morgan fingerprint density at radius 1 is 1.57 bits per heavy atom. The lowest BCUT2D eigenvalue weighted by molar-refractivity contribution is -0.149. The summed E-state index contributed by atoms with van der Waals surface area (Å²) in [6.07, 6.45) is 2.12. The first kappa shape index (κ1) is 14.2. The van der Waals surface area contributed by atoms with E-state index in [2.05, 4.69) is 5.32 Å². The predicted octanol–water partition coefficient (Wildman–Crippen LogP) is 0.921. The zero-order chi connectivity index (χ0) is 14.9. The van der Waals surface area contributed by atoms with Gasteiger partial charge in [-0.05, 0) is 25.0 Å². The van der Waals surface area contributed by atoms with Crippen molar-refractivity contribution in [2.45, 2.75) is 24.5 Å².